The fourth-order valence-corrected chi connectivity index (χ4v) is 4.52. The van der Waals surface area contributed by atoms with Gasteiger partial charge in [-0.15, -0.1) is 5.10 Å². The van der Waals surface area contributed by atoms with E-state index in [-0.39, 0.29) is 17.5 Å². The molecule has 2 unspecified atom stereocenters. The van der Waals surface area contributed by atoms with Crippen LogP contribution in [0, 0.1) is 0 Å². The molecule has 0 amide bonds. The fourth-order valence-electron chi connectivity index (χ4n) is 2.41. The van der Waals surface area contributed by atoms with Crippen molar-refractivity contribution in [1.82, 2.24) is 25.5 Å². The van der Waals surface area contributed by atoms with E-state index in [1.807, 2.05) is 20.8 Å². The molecular formula is C10H19N5O2S. The smallest absolute Gasteiger partial charge is 0.168 e. The van der Waals surface area contributed by atoms with Gasteiger partial charge in [0.2, 0.25) is 0 Å². The summed E-state index contributed by atoms with van der Waals surface area (Å²) in [4.78, 5) is 0. The van der Waals surface area contributed by atoms with E-state index in [4.69, 9.17) is 0 Å². The van der Waals surface area contributed by atoms with Crippen molar-refractivity contribution in [2.45, 2.75) is 38.8 Å². The lowest BCUT2D eigenvalue weighted by Crippen LogP contribution is -2.36. The zero-order chi connectivity index (χ0) is 13.4. The van der Waals surface area contributed by atoms with Crippen molar-refractivity contribution in [2.24, 2.45) is 0 Å². The summed E-state index contributed by atoms with van der Waals surface area (Å²) in [5, 5.41) is 14.9. The SMILES string of the molecule is CCNC(C)c1nnnn1C1(C)CCS(=O)(=O)C1. The summed E-state index contributed by atoms with van der Waals surface area (Å²) < 4.78 is 25.0. The van der Waals surface area contributed by atoms with Crippen molar-refractivity contribution in [3.8, 4) is 0 Å². The minimum atomic E-state index is -2.97. The second-order valence-corrected chi connectivity index (χ2v) is 7.25. The number of hydrogen-bond donors (Lipinski definition) is 1. The van der Waals surface area contributed by atoms with Crippen LogP contribution in [0.15, 0.2) is 0 Å². The molecule has 2 heterocycles. The average molecular weight is 273 g/mol. The lowest BCUT2D eigenvalue weighted by atomic mass is 10.0. The molecule has 0 saturated carbocycles. The van der Waals surface area contributed by atoms with Gasteiger partial charge >= 0.3 is 0 Å². The Morgan fingerprint density at radius 3 is 2.83 bits per heavy atom. The van der Waals surface area contributed by atoms with Gasteiger partial charge in [0.15, 0.2) is 15.7 Å². The molecule has 1 aromatic rings. The highest BCUT2D eigenvalue weighted by atomic mass is 32.2. The Morgan fingerprint density at radius 1 is 1.56 bits per heavy atom. The van der Waals surface area contributed by atoms with Crippen LogP contribution in [0.1, 0.15) is 39.1 Å². The van der Waals surface area contributed by atoms with Gasteiger partial charge in [-0.1, -0.05) is 6.92 Å². The Labute approximate surface area is 107 Å². The Kier molecular flexibility index (Phi) is 3.41. The van der Waals surface area contributed by atoms with Crippen LogP contribution in [0.4, 0.5) is 0 Å². The summed E-state index contributed by atoms with van der Waals surface area (Å²) in [6.45, 7) is 6.68. The first-order valence-electron chi connectivity index (χ1n) is 6.10. The number of nitrogens with zero attached hydrogens (tertiary/aromatic N) is 4. The van der Waals surface area contributed by atoms with Gasteiger partial charge in [-0.3, -0.25) is 0 Å². The van der Waals surface area contributed by atoms with Crippen LogP contribution in [-0.4, -0.2) is 46.7 Å². The van der Waals surface area contributed by atoms with Crippen molar-refractivity contribution in [3.05, 3.63) is 5.82 Å². The molecule has 0 aliphatic carbocycles. The first-order chi connectivity index (χ1) is 8.38. The van der Waals surface area contributed by atoms with Crippen LogP contribution in [0.3, 0.4) is 0 Å². The van der Waals surface area contributed by atoms with Gasteiger partial charge in [-0.2, -0.15) is 0 Å². The van der Waals surface area contributed by atoms with Gasteiger partial charge in [0.05, 0.1) is 23.1 Å². The molecule has 8 heteroatoms. The van der Waals surface area contributed by atoms with Gasteiger partial charge in [-0.05, 0) is 37.2 Å². The van der Waals surface area contributed by atoms with E-state index in [0.717, 1.165) is 6.54 Å². The molecule has 0 bridgehead atoms. The molecule has 1 N–H and O–H groups in total. The molecule has 0 spiro atoms. The molecule has 1 aliphatic rings. The highest BCUT2D eigenvalue weighted by molar-refractivity contribution is 7.91. The summed E-state index contributed by atoms with van der Waals surface area (Å²) in [5.41, 5.74) is -0.526. The summed E-state index contributed by atoms with van der Waals surface area (Å²) >= 11 is 0. The first kappa shape index (κ1) is 13.4. The van der Waals surface area contributed by atoms with E-state index in [9.17, 15) is 8.42 Å². The maximum Gasteiger partial charge on any atom is 0.168 e. The van der Waals surface area contributed by atoms with Crippen LogP contribution < -0.4 is 5.32 Å². The summed E-state index contributed by atoms with van der Waals surface area (Å²) in [6, 6.07) is 0.00475. The summed E-state index contributed by atoms with van der Waals surface area (Å²) in [5.74, 6) is 1.01. The second-order valence-electron chi connectivity index (χ2n) is 5.07. The molecule has 2 atom stereocenters. The van der Waals surface area contributed by atoms with Crippen LogP contribution >= 0.6 is 0 Å². The molecular weight excluding hydrogens is 254 g/mol. The molecule has 1 saturated heterocycles. The van der Waals surface area contributed by atoms with Crippen molar-refractivity contribution in [1.29, 1.82) is 0 Å². The van der Waals surface area contributed by atoms with Gasteiger partial charge in [0.1, 0.15) is 0 Å². The highest BCUT2D eigenvalue weighted by Crippen LogP contribution is 2.31. The normalized spacial score (nSPS) is 28.4. The quantitative estimate of drug-likeness (QED) is 0.822. The fraction of sp³-hybridized carbons (Fsp3) is 0.900. The van der Waals surface area contributed by atoms with E-state index in [1.165, 1.54) is 0 Å². The third-order valence-corrected chi connectivity index (χ3v) is 5.27. The van der Waals surface area contributed by atoms with Gasteiger partial charge in [0.25, 0.3) is 0 Å². The second kappa shape index (κ2) is 4.58. The zero-order valence-electron chi connectivity index (χ0n) is 10.9. The molecule has 0 aromatic carbocycles. The maximum absolute atomic E-state index is 11.7. The van der Waals surface area contributed by atoms with E-state index < -0.39 is 15.4 Å². The molecule has 1 aliphatic heterocycles. The minimum Gasteiger partial charge on any atom is -0.308 e. The average Bonchev–Trinajstić information content (AvgIpc) is 2.84. The molecule has 0 radical (unpaired) electrons. The zero-order valence-corrected chi connectivity index (χ0v) is 11.7. The topological polar surface area (TPSA) is 89.8 Å². The molecule has 18 heavy (non-hydrogen) atoms. The summed E-state index contributed by atoms with van der Waals surface area (Å²) in [6.07, 6.45) is 0.562. The van der Waals surface area contributed by atoms with Crippen molar-refractivity contribution in [2.75, 3.05) is 18.1 Å². The molecule has 2 rings (SSSR count). The number of tetrazole rings is 1. The maximum atomic E-state index is 11.7. The monoisotopic (exact) mass is 273 g/mol. The van der Waals surface area contributed by atoms with Gasteiger partial charge in [-0.25, -0.2) is 13.1 Å². The standard InChI is InChI=1S/C10H19N5O2S/c1-4-11-8(2)9-12-13-14-15(9)10(3)5-6-18(16,17)7-10/h8,11H,4-7H2,1-3H3. The molecule has 102 valence electrons. The van der Waals surface area contributed by atoms with Crippen molar-refractivity contribution in [3.63, 3.8) is 0 Å². The Morgan fingerprint density at radius 2 is 2.28 bits per heavy atom. The van der Waals surface area contributed by atoms with E-state index in [0.29, 0.717) is 12.2 Å². The van der Waals surface area contributed by atoms with Crippen molar-refractivity contribution >= 4 is 9.84 Å². The number of sulfone groups is 1. The number of rotatable bonds is 4. The number of hydrogen-bond acceptors (Lipinski definition) is 6. The largest absolute Gasteiger partial charge is 0.308 e. The molecule has 1 fully saturated rings. The Balaban J connectivity index is 2.32. The number of nitrogens with one attached hydrogen (secondary N) is 1. The van der Waals surface area contributed by atoms with Crippen LogP contribution in [0.2, 0.25) is 0 Å². The van der Waals surface area contributed by atoms with Crippen LogP contribution in [-0.2, 0) is 15.4 Å². The first-order valence-corrected chi connectivity index (χ1v) is 7.93. The van der Waals surface area contributed by atoms with E-state index in [1.54, 1.807) is 4.68 Å². The predicted octanol–water partition coefficient (Wildman–Crippen LogP) is -0.123. The highest BCUT2D eigenvalue weighted by Gasteiger charge is 2.42. The van der Waals surface area contributed by atoms with E-state index in [2.05, 4.69) is 20.8 Å². The third-order valence-electron chi connectivity index (χ3n) is 3.39. The predicted molar refractivity (Wildman–Crippen MR) is 66.8 cm³/mol. The summed E-state index contributed by atoms with van der Waals surface area (Å²) in [7, 11) is -2.97. The minimum absolute atomic E-state index is 0.00475. The number of aromatic nitrogens is 4. The molecule has 1 aromatic heterocycles. The lowest BCUT2D eigenvalue weighted by molar-refractivity contribution is 0.300. The third kappa shape index (κ3) is 2.39. The van der Waals surface area contributed by atoms with Crippen LogP contribution in [0.25, 0.3) is 0 Å². The lowest BCUT2D eigenvalue weighted by Gasteiger charge is -2.25. The van der Waals surface area contributed by atoms with Crippen molar-refractivity contribution < 1.29 is 8.42 Å². The van der Waals surface area contributed by atoms with Gasteiger partial charge in [0, 0.05) is 0 Å². The Hall–Kier alpha value is -1.02. The van der Waals surface area contributed by atoms with Gasteiger partial charge < -0.3 is 5.32 Å². The van der Waals surface area contributed by atoms with E-state index >= 15 is 0 Å². The molecule has 7 nitrogen and oxygen atoms in total. The van der Waals surface area contributed by atoms with Crippen LogP contribution in [0.5, 0.6) is 0 Å². The Bertz CT molecular complexity index is 526.